The van der Waals surface area contributed by atoms with Crippen LogP contribution in [0.5, 0.6) is 17.2 Å². The number of benzene rings is 1. The lowest BCUT2D eigenvalue weighted by atomic mass is 10.2. The molecule has 0 heterocycles. The fourth-order valence-electron chi connectivity index (χ4n) is 1.50. The van der Waals surface area contributed by atoms with Gasteiger partial charge < -0.3 is 25.3 Å². The number of hydrogen-bond donors (Lipinski definition) is 2. The Morgan fingerprint density at radius 3 is 2.20 bits per heavy atom. The molecule has 0 atom stereocenters. The van der Waals surface area contributed by atoms with Crippen molar-refractivity contribution in [2.24, 2.45) is 5.73 Å². The predicted octanol–water partition coefficient (Wildman–Crippen LogP) is -0.00748. The van der Waals surface area contributed by atoms with Crippen LogP contribution in [0.2, 0.25) is 0 Å². The highest BCUT2D eigenvalue weighted by molar-refractivity contribution is 5.84. The number of methoxy groups -OCH3 is 2. The van der Waals surface area contributed by atoms with Gasteiger partial charge in [-0.3, -0.25) is 4.79 Å². The first-order valence-electron chi connectivity index (χ1n) is 5.91. The van der Waals surface area contributed by atoms with Crippen molar-refractivity contribution in [2.75, 3.05) is 27.3 Å². The normalized spacial score (nSPS) is 9.80. The topological polar surface area (TPSA) is 99.9 Å². The quantitative estimate of drug-likeness (QED) is 0.562. The van der Waals surface area contributed by atoms with E-state index in [2.05, 4.69) is 5.32 Å². The molecule has 0 spiro atoms. The summed E-state index contributed by atoms with van der Waals surface area (Å²) in [5, 5.41) is 2.32. The van der Waals surface area contributed by atoms with Gasteiger partial charge in [0.15, 0.2) is 11.5 Å². The Balaban J connectivity index is 2.85. The van der Waals surface area contributed by atoms with Gasteiger partial charge in [0.1, 0.15) is 6.54 Å². The van der Waals surface area contributed by atoms with Gasteiger partial charge in [-0.1, -0.05) is 0 Å². The van der Waals surface area contributed by atoms with E-state index in [0.717, 1.165) is 5.56 Å². The number of esters is 1. The molecule has 0 radical (unpaired) electrons. The number of nitrogens with one attached hydrogen (secondary N) is 1. The van der Waals surface area contributed by atoms with Crippen LogP contribution >= 0.6 is 0 Å². The highest BCUT2D eigenvalue weighted by Crippen LogP contribution is 2.38. The van der Waals surface area contributed by atoms with Gasteiger partial charge in [0.2, 0.25) is 11.7 Å². The second-order valence-corrected chi connectivity index (χ2v) is 3.95. The lowest BCUT2D eigenvalue weighted by Gasteiger charge is -2.14. The summed E-state index contributed by atoms with van der Waals surface area (Å²) < 4.78 is 15.5. The van der Waals surface area contributed by atoms with E-state index in [1.165, 1.54) is 14.2 Å². The van der Waals surface area contributed by atoms with Crippen molar-refractivity contribution in [3.8, 4) is 17.2 Å². The Labute approximate surface area is 117 Å². The van der Waals surface area contributed by atoms with Crippen LogP contribution in [0.25, 0.3) is 0 Å². The molecular formula is C13H18N2O5. The average molecular weight is 282 g/mol. The Kier molecular flexibility index (Phi) is 5.79. The number of nitrogens with two attached hydrogens (primary N) is 1. The van der Waals surface area contributed by atoms with Crippen molar-refractivity contribution in [1.29, 1.82) is 0 Å². The maximum atomic E-state index is 11.7. The minimum absolute atomic E-state index is 0.174. The van der Waals surface area contributed by atoms with Crippen LogP contribution in [0.15, 0.2) is 12.1 Å². The van der Waals surface area contributed by atoms with Crippen LogP contribution in [0.4, 0.5) is 0 Å². The summed E-state index contributed by atoms with van der Waals surface area (Å²) in [7, 11) is 2.92. The molecule has 1 amide bonds. The molecule has 110 valence electrons. The third kappa shape index (κ3) is 4.13. The van der Waals surface area contributed by atoms with E-state index in [0.29, 0.717) is 11.5 Å². The molecule has 0 aliphatic carbocycles. The molecule has 3 N–H and O–H groups in total. The fraction of sp³-hybridized carbons (Fsp3) is 0.385. The van der Waals surface area contributed by atoms with Crippen molar-refractivity contribution < 1.29 is 23.8 Å². The van der Waals surface area contributed by atoms with Crippen LogP contribution in [0, 0.1) is 6.92 Å². The molecular weight excluding hydrogens is 264 g/mol. The van der Waals surface area contributed by atoms with Crippen molar-refractivity contribution in [2.45, 2.75) is 6.92 Å². The standard InChI is InChI=1S/C13H18N2O5/c1-8-4-9(18-2)13(10(5-8)19-3)20-12(17)7-15-11(16)6-14/h4-5H,6-7,14H2,1-3H3,(H,15,16). The van der Waals surface area contributed by atoms with Crippen LogP contribution in [-0.2, 0) is 9.59 Å². The molecule has 0 saturated heterocycles. The number of amides is 1. The van der Waals surface area contributed by atoms with Crippen LogP contribution in [0.3, 0.4) is 0 Å². The fourth-order valence-corrected chi connectivity index (χ4v) is 1.50. The molecule has 1 rings (SSSR count). The van der Waals surface area contributed by atoms with Crippen LogP contribution in [0.1, 0.15) is 5.56 Å². The van der Waals surface area contributed by atoms with E-state index in [1.807, 2.05) is 6.92 Å². The van der Waals surface area contributed by atoms with Gasteiger partial charge in [-0.15, -0.1) is 0 Å². The number of carbonyl (C=O) groups excluding carboxylic acids is 2. The predicted molar refractivity (Wildman–Crippen MR) is 72.0 cm³/mol. The molecule has 1 aromatic carbocycles. The number of rotatable bonds is 6. The van der Waals surface area contributed by atoms with Gasteiger partial charge in [0.25, 0.3) is 0 Å². The molecule has 0 saturated carbocycles. The Bertz CT molecular complexity index is 477. The maximum absolute atomic E-state index is 11.7. The largest absolute Gasteiger partial charge is 0.493 e. The van der Waals surface area contributed by atoms with Crippen molar-refractivity contribution in [3.63, 3.8) is 0 Å². The van der Waals surface area contributed by atoms with Crippen molar-refractivity contribution >= 4 is 11.9 Å². The molecule has 0 aromatic heterocycles. The first-order chi connectivity index (χ1) is 9.51. The molecule has 0 fully saturated rings. The highest BCUT2D eigenvalue weighted by atomic mass is 16.6. The summed E-state index contributed by atoms with van der Waals surface area (Å²) in [5.41, 5.74) is 6.01. The molecule has 7 heteroatoms. The summed E-state index contributed by atoms with van der Waals surface area (Å²) in [5.74, 6) is -0.162. The second-order valence-electron chi connectivity index (χ2n) is 3.95. The van der Waals surface area contributed by atoms with Gasteiger partial charge in [-0.2, -0.15) is 0 Å². The number of carbonyl (C=O) groups is 2. The zero-order chi connectivity index (χ0) is 15.1. The van der Waals surface area contributed by atoms with Crippen LogP contribution < -0.4 is 25.3 Å². The van der Waals surface area contributed by atoms with E-state index < -0.39 is 11.9 Å². The lowest BCUT2D eigenvalue weighted by Crippen LogP contribution is -2.36. The van der Waals surface area contributed by atoms with Gasteiger partial charge in [0.05, 0.1) is 20.8 Å². The number of ether oxygens (including phenoxy) is 3. The highest BCUT2D eigenvalue weighted by Gasteiger charge is 2.17. The van der Waals surface area contributed by atoms with Gasteiger partial charge in [-0.05, 0) is 24.6 Å². The van der Waals surface area contributed by atoms with E-state index in [-0.39, 0.29) is 18.8 Å². The molecule has 0 bridgehead atoms. The van der Waals surface area contributed by atoms with Crippen molar-refractivity contribution in [3.05, 3.63) is 17.7 Å². The van der Waals surface area contributed by atoms with E-state index in [1.54, 1.807) is 12.1 Å². The van der Waals surface area contributed by atoms with E-state index >= 15 is 0 Å². The summed E-state index contributed by atoms with van der Waals surface area (Å²) in [4.78, 5) is 22.6. The third-order valence-corrected chi connectivity index (χ3v) is 2.44. The third-order valence-electron chi connectivity index (χ3n) is 2.44. The molecule has 20 heavy (non-hydrogen) atoms. The van der Waals surface area contributed by atoms with Gasteiger partial charge in [-0.25, -0.2) is 4.79 Å². The monoisotopic (exact) mass is 282 g/mol. The average Bonchev–Trinajstić information content (AvgIpc) is 2.45. The second kappa shape index (κ2) is 7.34. The minimum atomic E-state index is -0.646. The Morgan fingerprint density at radius 1 is 1.20 bits per heavy atom. The van der Waals surface area contributed by atoms with Crippen LogP contribution in [-0.4, -0.2) is 39.2 Å². The van der Waals surface area contributed by atoms with E-state index in [4.69, 9.17) is 19.9 Å². The Hall–Kier alpha value is -2.28. The molecule has 0 unspecified atom stereocenters. The smallest absolute Gasteiger partial charge is 0.331 e. The zero-order valence-electron chi connectivity index (χ0n) is 11.7. The van der Waals surface area contributed by atoms with E-state index in [9.17, 15) is 9.59 Å². The zero-order valence-corrected chi connectivity index (χ0v) is 11.7. The molecule has 0 aliphatic rings. The Morgan fingerprint density at radius 2 is 1.75 bits per heavy atom. The summed E-state index contributed by atoms with van der Waals surface area (Å²) in [6.45, 7) is 1.39. The number of hydrogen-bond acceptors (Lipinski definition) is 6. The maximum Gasteiger partial charge on any atom is 0.331 e. The summed E-state index contributed by atoms with van der Waals surface area (Å²) in [6.07, 6.45) is 0. The first-order valence-corrected chi connectivity index (χ1v) is 5.91. The summed E-state index contributed by atoms with van der Waals surface area (Å²) in [6, 6.07) is 3.42. The molecule has 0 aliphatic heterocycles. The van der Waals surface area contributed by atoms with Gasteiger partial charge in [0, 0.05) is 0 Å². The summed E-state index contributed by atoms with van der Waals surface area (Å²) >= 11 is 0. The minimum Gasteiger partial charge on any atom is -0.493 e. The molecule has 1 aromatic rings. The first kappa shape index (κ1) is 15.8. The van der Waals surface area contributed by atoms with Crippen molar-refractivity contribution in [1.82, 2.24) is 5.32 Å². The molecule has 7 nitrogen and oxygen atoms in total. The SMILES string of the molecule is COc1cc(C)cc(OC)c1OC(=O)CNC(=O)CN. The lowest BCUT2D eigenvalue weighted by molar-refractivity contribution is -0.135. The van der Waals surface area contributed by atoms with Gasteiger partial charge >= 0.3 is 5.97 Å². The number of aryl methyl sites for hydroxylation is 1.